The maximum absolute atomic E-state index is 4.81. The van der Waals surface area contributed by atoms with E-state index < -0.39 is 0 Å². The minimum Gasteiger partial charge on any atom is -0.367 e. The van der Waals surface area contributed by atoms with Crippen LogP contribution in [0.1, 0.15) is 0 Å². The zero-order valence-corrected chi connectivity index (χ0v) is 11.6. The predicted octanol–water partition coefficient (Wildman–Crippen LogP) is 1.71. The Morgan fingerprint density at radius 2 is 1.89 bits per heavy atom. The number of nitrogens with one attached hydrogen (secondary N) is 1. The molecule has 0 radical (unpaired) electrons. The van der Waals surface area contributed by atoms with Gasteiger partial charge in [0.2, 0.25) is 0 Å². The van der Waals surface area contributed by atoms with Crippen LogP contribution in [0, 0.1) is 0 Å². The highest BCUT2D eigenvalue weighted by Crippen LogP contribution is 2.27. The molecule has 4 heteroatoms. The summed E-state index contributed by atoms with van der Waals surface area (Å²) in [5.41, 5.74) is 2.36. The summed E-state index contributed by atoms with van der Waals surface area (Å²) >= 11 is 0. The van der Waals surface area contributed by atoms with Crippen molar-refractivity contribution in [1.82, 2.24) is 10.3 Å². The normalized spacial score (nSPS) is 15.8. The Morgan fingerprint density at radius 3 is 2.63 bits per heavy atom. The Bertz CT molecular complexity index is 573. The first-order chi connectivity index (χ1) is 9.25. The van der Waals surface area contributed by atoms with Gasteiger partial charge in [0.25, 0.3) is 0 Å². The highest BCUT2D eigenvalue weighted by molar-refractivity contribution is 5.92. The van der Waals surface area contributed by atoms with E-state index in [0.29, 0.717) is 0 Å². The number of hydrogen-bond acceptors (Lipinski definition) is 4. The molecule has 0 saturated carbocycles. The maximum Gasteiger partial charge on any atom is 0.128 e. The summed E-state index contributed by atoms with van der Waals surface area (Å²) in [4.78, 5) is 9.29. The average Bonchev–Trinajstić information content (AvgIpc) is 2.47. The number of hydrogen-bond donors (Lipinski definition) is 1. The van der Waals surface area contributed by atoms with Gasteiger partial charge >= 0.3 is 0 Å². The Balaban J connectivity index is 2.09. The van der Waals surface area contributed by atoms with Crippen molar-refractivity contribution in [3.8, 4) is 0 Å². The third kappa shape index (κ3) is 2.36. The molecular weight excluding hydrogens is 236 g/mol. The van der Waals surface area contributed by atoms with E-state index in [0.717, 1.165) is 37.5 Å². The van der Waals surface area contributed by atoms with Crippen LogP contribution in [-0.4, -0.2) is 45.3 Å². The molecule has 100 valence electrons. The molecule has 1 fully saturated rings. The molecule has 0 unspecified atom stereocenters. The molecule has 3 rings (SSSR count). The highest BCUT2D eigenvalue weighted by atomic mass is 15.2. The topological polar surface area (TPSA) is 31.4 Å². The van der Waals surface area contributed by atoms with Gasteiger partial charge in [0.15, 0.2) is 0 Å². The monoisotopic (exact) mass is 256 g/mol. The highest BCUT2D eigenvalue weighted by Gasteiger charge is 2.14. The van der Waals surface area contributed by atoms with E-state index in [1.54, 1.807) is 0 Å². The Kier molecular flexibility index (Phi) is 3.25. The van der Waals surface area contributed by atoms with Crippen molar-refractivity contribution >= 4 is 22.4 Å². The molecule has 0 bridgehead atoms. The number of pyridine rings is 1. The largest absolute Gasteiger partial charge is 0.367 e. The lowest BCUT2D eigenvalue weighted by Gasteiger charge is -2.30. The van der Waals surface area contributed by atoms with Gasteiger partial charge in [-0.25, -0.2) is 4.98 Å². The fourth-order valence-electron chi connectivity index (χ4n) is 2.53. The van der Waals surface area contributed by atoms with Gasteiger partial charge in [-0.2, -0.15) is 0 Å². The molecule has 1 saturated heterocycles. The van der Waals surface area contributed by atoms with Crippen molar-refractivity contribution in [1.29, 1.82) is 0 Å². The van der Waals surface area contributed by atoms with E-state index in [4.69, 9.17) is 4.98 Å². The number of anilines is 2. The number of rotatable bonds is 2. The quantitative estimate of drug-likeness (QED) is 0.886. The number of para-hydroxylation sites is 1. The third-order valence-electron chi connectivity index (χ3n) is 3.60. The minimum absolute atomic E-state index is 1.01. The smallest absolute Gasteiger partial charge is 0.128 e. The Labute approximate surface area is 114 Å². The lowest BCUT2D eigenvalue weighted by Crippen LogP contribution is -2.43. The molecule has 1 aliphatic heterocycles. The minimum atomic E-state index is 1.01. The zero-order valence-electron chi connectivity index (χ0n) is 11.6. The first kappa shape index (κ1) is 12.2. The molecule has 1 N–H and O–H groups in total. The predicted molar refractivity (Wildman–Crippen MR) is 81.2 cm³/mol. The Morgan fingerprint density at radius 1 is 1.11 bits per heavy atom. The fourth-order valence-corrected chi connectivity index (χ4v) is 2.53. The Hall–Kier alpha value is -1.81. The summed E-state index contributed by atoms with van der Waals surface area (Å²) in [7, 11) is 4.06. The van der Waals surface area contributed by atoms with Crippen LogP contribution < -0.4 is 15.1 Å². The van der Waals surface area contributed by atoms with Crippen LogP contribution in [0.4, 0.5) is 11.5 Å². The summed E-state index contributed by atoms with van der Waals surface area (Å²) < 4.78 is 0. The fraction of sp³-hybridized carbons (Fsp3) is 0.400. The number of aromatic nitrogens is 1. The number of nitrogens with zero attached hydrogens (tertiary/aromatic N) is 3. The van der Waals surface area contributed by atoms with Gasteiger partial charge in [0.1, 0.15) is 5.82 Å². The number of piperazine rings is 1. The lowest BCUT2D eigenvalue weighted by atomic mass is 10.1. The van der Waals surface area contributed by atoms with Crippen molar-refractivity contribution in [3.05, 3.63) is 30.3 Å². The van der Waals surface area contributed by atoms with Gasteiger partial charge in [0, 0.05) is 45.7 Å². The van der Waals surface area contributed by atoms with Gasteiger partial charge in [-0.1, -0.05) is 12.1 Å². The number of fused-ring (bicyclic) bond motifs is 1. The molecule has 1 aromatic carbocycles. The summed E-state index contributed by atoms with van der Waals surface area (Å²) in [6.45, 7) is 4.19. The maximum atomic E-state index is 4.81. The van der Waals surface area contributed by atoms with Gasteiger partial charge in [-0.15, -0.1) is 0 Å². The zero-order chi connectivity index (χ0) is 13.2. The van der Waals surface area contributed by atoms with E-state index in [2.05, 4.69) is 40.5 Å². The summed E-state index contributed by atoms with van der Waals surface area (Å²) in [5.74, 6) is 1.01. The van der Waals surface area contributed by atoms with Gasteiger partial charge < -0.3 is 15.1 Å². The summed E-state index contributed by atoms with van der Waals surface area (Å²) in [5, 5.41) is 4.60. The standard InChI is InChI=1S/C15H20N4/c1-18(2)14-7-6-12-4-3-5-13(15(12)17-14)19-10-8-16-9-11-19/h3-7,16H,8-11H2,1-2H3. The second-order valence-corrected chi connectivity index (χ2v) is 5.15. The molecule has 0 amide bonds. The van der Waals surface area contributed by atoms with E-state index in [1.807, 2.05) is 19.0 Å². The van der Waals surface area contributed by atoms with Crippen LogP contribution in [0.15, 0.2) is 30.3 Å². The molecule has 0 aliphatic carbocycles. The first-order valence-corrected chi connectivity index (χ1v) is 6.78. The van der Waals surface area contributed by atoms with E-state index >= 15 is 0 Å². The second-order valence-electron chi connectivity index (χ2n) is 5.15. The first-order valence-electron chi connectivity index (χ1n) is 6.78. The molecular formula is C15H20N4. The number of benzene rings is 1. The van der Waals surface area contributed by atoms with Crippen LogP contribution >= 0.6 is 0 Å². The average molecular weight is 256 g/mol. The van der Waals surface area contributed by atoms with Crippen LogP contribution in [-0.2, 0) is 0 Å². The summed E-state index contributed by atoms with van der Waals surface area (Å²) in [6, 6.07) is 10.7. The van der Waals surface area contributed by atoms with Gasteiger partial charge in [0.05, 0.1) is 11.2 Å². The van der Waals surface area contributed by atoms with E-state index in [-0.39, 0.29) is 0 Å². The van der Waals surface area contributed by atoms with Crippen molar-refractivity contribution in [2.75, 3.05) is 50.1 Å². The molecule has 19 heavy (non-hydrogen) atoms. The summed E-state index contributed by atoms with van der Waals surface area (Å²) in [6.07, 6.45) is 0. The van der Waals surface area contributed by atoms with E-state index in [1.165, 1.54) is 11.1 Å². The van der Waals surface area contributed by atoms with E-state index in [9.17, 15) is 0 Å². The second kappa shape index (κ2) is 5.05. The van der Waals surface area contributed by atoms with Crippen LogP contribution in [0.2, 0.25) is 0 Å². The van der Waals surface area contributed by atoms with Gasteiger partial charge in [-0.05, 0) is 18.2 Å². The molecule has 1 aromatic heterocycles. The molecule has 0 atom stereocenters. The molecule has 0 spiro atoms. The van der Waals surface area contributed by atoms with Crippen LogP contribution in [0.5, 0.6) is 0 Å². The van der Waals surface area contributed by atoms with Crippen molar-refractivity contribution in [3.63, 3.8) is 0 Å². The molecule has 1 aliphatic rings. The van der Waals surface area contributed by atoms with Crippen LogP contribution in [0.3, 0.4) is 0 Å². The van der Waals surface area contributed by atoms with Crippen LogP contribution in [0.25, 0.3) is 10.9 Å². The third-order valence-corrected chi connectivity index (χ3v) is 3.60. The van der Waals surface area contributed by atoms with Crippen molar-refractivity contribution in [2.45, 2.75) is 0 Å². The van der Waals surface area contributed by atoms with Crippen molar-refractivity contribution < 1.29 is 0 Å². The lowest BCUT2D eigenvalue weighted by molar-refractivity contribution is 0.590. The molecule has 4 nitrogen and oxygen atoms in total. The molecule has 2 aromatic rings. The SMILES string of the molecule is CN(C)c1ccc2cccc(N3CCNCC3)c2n1. The molecule has 2 heterocycles. The van der Waals surface area contributed by atoms with Crippen molar-refractivity contribution in [2.24, 2.45) is 0 Å². The van der Waals surface area contributed by atoms with Gasteiger partial charge in [-0.3, -0.25) is 0 Å².